The number of benzene rings is 1. The van der Waals surface area contributed by atoms with Crippen LogP contribution in [0.15, 0.2) is 23.8 Å². The molecule has 4 aliphatic carbocycles. The zero-order chi connectivity index (χ0) is 19.3. The van der Waals surface area contributed by atoms with Crippen LogP contribution in [-0.4, -0.2) is 16.2 Å². The van der Waals surface area contributed by atoms with Gasteiger partial charge >= 0.3 is 0 Å². The molecule has 0 radical (unpaired) electrons. The first-order valence-corrected chi connectivity index (χ1v) is 13.6. The lowest BCUT2D eigenvalue weighted by Gasteiger charge is -2.51. The number of rotatable bonds is 4. The molecule has 0 atom stereocenters. The van der Waals surface area contributed by atoms with E-state index in [-0.39, 0.29) is 5.41 Å². The number of allylic oxidation sites excluding steroid dienone is 1. The van der Waals surface area contributed by atoms with Crippen molar-refractivity contribution in [2.24, 2.45) is 23.7 Å². The minimum atomic E-state index is -1.23. The van der Waals surface area contributed by atoms with Crippen molar-refractivity contribution in [2.75, 3.05) is 7.11 Å². The van der Waals surface area contributed by atoms with Gasteiger partial charge in [0.15, 0.2) is 0 Å². The minimum Gasteiger partial charge on any atom is -0.546 e. The van der Waals surface area contributed by atoms with Gasteiger partial charge in [0.25, 0.3) is 0 Å². The summed E-state index contributed by atoms with van der Waals surface area (Å²) in [6, 6.07) is 6.67. The second-order valence-electron chi connectivity index (χ2n) is 10.4. The molecule has 4 bridgehead atoms. The number of hydrogen-bond donors (Lipinski definition) is 0. The maximum absolute atomic E-state index is 6.55. The van der Waals surface area contributed by atoms with Crippen molar-refractivity contribution in [3.8, 4) is 5.75 Å². The molecule has 1 aromatic carbocycles. The normalized spacial score (nSPS) is 29.4. The van der Waals surface area contributed by atoms with Gasteiger partial charge in [-0.2, -0.15) is 0 Å². The molecule has 0 aliphatic heterocycles. The lowest BCUT2D eigenvalue weighted by molar-refractivity contribution is 0.0675. The maximum atomic E-state index is 6.55. The first-order valence-electron chi connectivity index (χ1n) is 10.9. The Bertz CT molecular complexity index is 711. The molecule has 0 heterocycles. The van der Waals surface area contributed by atoms with Gasteiger partial charge in [-0.05, 0) is 91.5 Å². The fourth-order valence-electron chi connectivity index (χ4n) is 6.12. The summed E-state index contributed by atoms with van der Waals surface area (Å²) in [6.07, 6.45) is 6.99. The molecular formula is C24H36O2Si. The molecule has 4 saturated carbocycles. The Morgan fingerprint density at radius 1 is 0.963 bits per heavy atom. The van der Waals surface area contributed by atoms with E-state index < -0.39 is 9.04 Å². The Morgan fingerprint density at radius 2 is 1.56 bits per heavy atom. The van der Waals surface area contributed by atoms with Gasteiger partial charge in [-0.25, -0.2) is 0 Å². The summed E-state index contributed by atoms with van der Waals surface area (Å²) in [4.78, 5) is 0. The van der Waals surface area contributed by atoms with Crippen LogP contribution in [0.3, 0.4) is 0 Å². The second-order valence-corrected chi connectivity index (χ2v) is 12.7. The number of para-hydroxylation sites is 1. The van der Waals surface area contributed by atoms with Crippen LogP contribution in [0.4, 0.5) is 0 Å². The number of ether oxygens (including phenoxy) is 1. The fraction of sp³-hybridized carbons (Fsp3) is 0.667. The third-order valence-corrected chi connectivity index (χ3v) is 7.61. The van der Waals surface area contributed by atoms with Crippen LogP contribution >= 0.6 is 0 Å². The highest BCUT2D eigenvalue weighted by molar-refractivity contribution is 6.49. The van der Waals surface area contributed by atoms with Crippen molar-refractivity contribution >= 4 is 14.8 Å². The highest BCUT2D eigenvalue weighted by atomic mass is 28.3. The van der Waals surface area contributed by atoms with Crippen LogP contribution in [0.25, 0.3) is 5.76 Å². The maximum Gasteiger partial charge on any atom is 0.229 e. The van der Waals surface area contributed by atoms with Crippen LogP contribution in [-0.2, 0) is 10.2 Å². The molecule has 0 saturated heterocycles. The molecule has 0 N–H and O–H groups in total. The third-order valence-electron chi connectivity index (χ3n) is 6.91. The molecule has 0 amide bonds. The summed E-state index contributed by atoms with van der Waals surface area (Å²) in [6.45, 7) is 11.4. The molecule has 5 rings (SSSR count). The fourth-order valence-corrected chi connectivity index (χ4v) is 6.84. The van der Waals surface area contributed by atoms with Gasteiger partial charge < -0.3 is 9.16 Å². The summed E-state index contributed by atoms with van der Waals surface area (Å²) in [5.41, 5.74) is 4.18. The van der Waals surface area contributed by atoms with E-state index in [4.69, 9.17) is 9.16 Å². The molecule has 4 aliphatic rings. The Kier molecular flexibility index (Phi) is 4.94. The van der Waals surface area contributed by atoms with Crippen molar-refractivity contribution in [1.29, 1.82) is 0 Å². The SMILES string of the molecule is COC(=C1C2CC3CC(C2)CC1C3)c1cccc(C(C)(C)C)c1O[SiH](C)C. The lowest BCUT2D eigenvalue weighted by atomic mass is 9.54. The monoisotopic (exact) mass is 384 g/mol. The van der Waals surface area contributed by atoms with Crippen molar-refractivity contribution < 1.29 is 9.16 Å². The average molecular weight is 385 g/mol. The van der Waals surface area contributed by atoms with E-state index >= 15 is 0 Å². The van der Waals surface area contributed by atoms with E-state index in [1.807, 2.05) is 7.11 Å². The molecule has 0 aromatic heterocycles. The first-order chi connectivity index (χ1) is 12.8. The van der Waals surface area contributed by atoms with Crippen LogP contribution in [0, 0.1) is 23.7 Å². The Hall–Kier alpha value is -1.22. The smallest absolute Gasteiger partial charge is 0.229 e. The van der Waals surface area contributed by atoms with E-state index in [1.54, 1.807) is 5.57 Å². The summed E-state index contributed by atoms with van der Waals surface area (Å²) in [7, 11) is 0.643. The zero-order valence-corrected chi connectivity index (χ0v) is 19.1. The molecule has 0 unspecified atom stereocenters. The molecule has 1 aromatic rings. The van der Waals surface area contributed by atoms with Gasteiger partial charge in [-0.3, -0.25) is 0 Å². The quantitative estimate of drug-likeness (QED) is 0.457. The topological polar surface area (TPSA) is 18.5 Å². The molecule has 27 heavy (non-hydrogen) atoms. The van der Waals surface area contributed by atoms with E-state index in [2.05, 4.69) is 52.1 Å². The van der Waals surface area contributed by atoms with Gasteiger partial charge in [-0.15, -0.1) is 0 Å². The summed E-state index contributed by atoms with van der Waals surface area (Å²) in [5.74, 6) is 5.63. The van der Waals surface area contributed by atoms with Gasteiger partial charge in [0, 0.05) is 0 Å². The minimum absolute atomic E-state index is 0.0578. The summed E-state index contributed by atoms with van der Waals surface area (Å²) in [5, 5.41) is 0. The molecule has 4 fully saturated rings. The van der Waals surface area contributed by atoms with E-state index in [0.29, 0.717) is 0 Å². The van der Waals surface area contributed by atoms with Gasteiger partial charge in [0.2, 0.25) is 9.04 Å². The first kappa shape index (κ1) is 19.1. The van der Waals surface area contributed by atoms with Gasteiger partial charge in [0.1, 0.15) is 11.5 Å². The number of hydrogen-bond acceptors (Lipinski definition) is 2. The molecule has 148 valence electrons. The molecular weight excluding hydrogens is 348 g/mol. The van der Waals surface area contributed by atoms with Crippen LogP contribution in [0.1, 0.15) is 64.0 Å². The van der Waals surface area contributed by atoms with Gasteiger partial charge in [-0.1, -0.05) is 32.9 Å². The predicted molar refractivity (Wildman–Crippen MR) is 116 cm³/mol. The number of methoxy groups -OCH3 is 1. The summed E-state index contributed by atoms with van der Waals surface area (Å²) < 4.78 is 12.7. The summed E-state index contributed by atoms with van der Waals surface area (Å²) >= 11 is 0. The Morgan fingerprint density at radius 3 is 2.04 bits per heavy atom. The van der Waals surface area contributed by atoms with Crippen LogP contribution < -0.4 is 4.43 Å². The largest absolute Gasteiger partial charge is 0.546 e. The van der Waals surface area contributed by atoms with Crippen LogP contribution in [0.2, 0.25) is 13.1 Å². The standard InChI is InChI=1S/C24H36O2Si/c1-24(2,3)20-9-7-8-19(22(20)26-27(5)6)23(25-4)21-17-11-15-10-16(13-17)14-18(21)12-15/h7-9,15-18,27H,10-14H2,1-6H3. The van der Waals surface area contributed by atoms with Crippen LogP contribution in [0.5, 0.6) is 5.75 Å². The molecule has 3 heteroatoms. The highest BCUT2D eigenvalue weighted by Crippen LogP contribution is 2.58. The highest BCUT2D eigenvalue weighted by Gasteiger charge is 2.47. The van der Waals surface area contributed by atoms with Crippen molar-refractivity contribution in [3.05, 3.63) is 34.9 Å². The van der Waals surface area contributed by atoms with Crippen molar-refractivity contribution in [3.63, 3.8) is 0 Å². The van der Waals surface area contributed by atoms with Crippen molar-refractivity contribution in [2.45, 2.75) is 71.4 Å². The van der Waals surface area contributed by atoms with E-state index in [1.165, 1.54) is 43.2 Å². The third kappa shape index (κ3) is 3.48. The molecule has 0 spiro atoms. The van der Waals surface area contributed by atoms with E-state index in [9.17, 15) is 0 Å². The predicted octanol–water partition coefficient (Wildman–Crippen LogP) is 6.16. The second kappa shape index (κ2) is 6.99. The van der Waals surface area contributed by atoms with Gasteiger partial charge in [0.05, 0.1) is 12.7 Å². The zero-order valence-electron chi connectivity index (χ0n) is 18.0. The lowest BCUT2D eigenvalue weighted by Crippen LogP contribution is -2.41. The average Bonchev–Trinajstić information content (AvgIpc) is 2.56. The Balaban J connectivity index is 1.86. The Labute approximate surface area is 167 Å². The van der Waals surface area contributed by atoms with Crippen molar-refractivity contribution in [1.82, 2.24) is 0 Å². The molecule has 2 nitrogen and oxygen atoms in total. The van der Waals surface area contributed by atoms with E-state index in [0.717, 1.165) is 35.2 Å².